The lowest BCUT2D eigenvalue weighted by atomic mass is 9.87. The number of pyridine rings is 1. The van der Waals surface area contributed by atoms with E-state index in [4.69, 9.17) is 15.0 Å². The molecular formula is C26H23N5. The molecule has 5 rings (SSSR count). The Morgan fingerprint density at radius 3 is 2.03 bits per heavy atom. The Morgan fingerprint density at radius 1 is 0.677 bits per heavy atom. The maximum Gasteiger partial charge on any atom is 0.179 e. The first-order valence-corrected chi connectivity index (χ1v) is 10.4. The van der Waals surface area contributed by atoms with Crippen molar-refractivity contribution in [1.29, 1.82) is 0 Å². The Labute approximate surface area is 181 Å². The van der Waals surface area contributed by atoms with Gasteiger partial charge in [0.15, 0.2) is 5.65 Å². The van der Waals surface area contributed by atoms with Gasteiger partial charge in [-0.15, -0.1) is 0 Å². The van der Waals surface area contributed by atoms with Crippen LogP contribution in [0.1, 0.15) is 32.0 Å². The second-order valence-corrected chi connectivity index (χ2v) is 8.71. The fourth-order valence-electron chi connectivity index (χ4n) is 3.95. The van der Waals surface area contributed by atoms with Crippen molar-refractivity contribution in [3.63, 3.8) is 0 Å². The van der Waals surface area contributed by atoms with Crippen LogP contribution in [-0.2, 0) is 5.41 Å². The Morgan fingerprint density at radius 2 is 1.32 bits per heavy atom. The number of aryl methyl sites for hydroxylation is 1. The number of hydrogen-bond donors (Lipinski definition) is 0. The van der Waals surface area contributed by atoms with Crippen LogP contribution in [-0.4, -0.2) is 24.9 Å². The monoisotopic (exact) mass is 405 g/mol. The summed E-state index contributed by atoms with van der Waals surface area (Å²) < 4.78 is 0. The van der Waals surface area contributed by atoms with E-state index in [1.54, 1.807) is 12.4 Å². The minimum absolute atomic E-state index is 0.215. The maximum atomic E-state index is 5.07. The van der Waals surface area contributed by atoms with Gasteiger partial charge in [-0.05, 0) is 30.2 Å². The fraction of sp³-hybridized carbons (Fsp3) is 0.192. The van der Waals surface area contributed by atoms with Crippen LogP contribution in [0.25, 0.3) is 44.7 Å². The van der Waals surface area contributed by atoms with Crippen LogP contribution in [0.4, 0.5) is 0 Å². The van der Waals surface area contributed by atoms with E-state index in [9.17, 15) is 0 Å². The fourth-order valence-corrected chi connectivity index (χ4v) is 3.95. The predicted molar refractivity (Wildman–Crippen MR) is 125 cm³/mol. The molecule has 5 aromatic rings. The van der Waals surface area contributed by atoms with Gasteiger partial charge in [-0.3, -0.25) is 4.98 Å². The van der Waals surface area contributed by atoms with Crippen molar-refractivity contribution in [2.45, 2.75) is 33.1 Å². The molecule has 0 radical (unpaired) electrons. The van der Waals surface area contributed by atoms with E-state index in [0.717, 1.165) is 50.3 Å². The number of para-hydroxylation sites is 2. The number of rotatable bonds is 2. The van der Waals surface area contributed by atoms with Gasteiger partial charge in [0, 0.05) is 23.4 Å². The molecule has 2 aromatic carbocycles. The van der Waals surface area contributed by atoms with E-state index in [1.165, 1.54) is 0 Å². The zero-order valence-electron chi connectivity index (χ0n) is 18.1. The van der Waals surface area contributed by atoms with Crippen LogP contribution in [0.5, 0.6) is 0 Å². The molecule has 0 bridgehead atoms. The Hall–Kier alpha value is -3.73. The highest BCUT2D eigenvalue weighted by Gasteiger charge is 2.27. The molecule has 0 saturated heterocycles. The van der Waals surface area contributed by atoms with Crippen molar-refractivity contribution in [2.24, 2.45) is 0 Å². The Kier molecular flexibility index (Phi) is 4.47. The summed E-state index contributed by atoms with van der Waals surface area (Å²) in [4.78, 5) is 24.1. The third-order valence-corrected chi connectivity index (χ3v) is 5.43. The Bertz CT molecular complexity index is 1420. The van der Waals surface area contributed by atoms with Gasteiger partial charge in [-0.1, -0.05) is 63.2 Å². The number of benzene rings is 2. The maximum absolute atomic E-state index is 5.07. The van der Waals surface area contributed by atoms with E-state index in [-0.39, 0.29) is 5.41 Å². The first kappa shape index (κ1) is 19.2. The van der Waals surface area contributed by atoms with Crippen LogP contribution in [0.3, 0.4) is 0 Å². The van der Waals surface area contributed by atoms with Gasteiger partial charge in [0.1, 0.15) is 16.9 Å². The zero-order valence-corrected chi connectivity index (χ0v) is 18.1. The standard InChI is InChI=1S/C26H23N5/c1-16-20(17-10-6-5-7-11-17)22(31-25-21(16)27-14-15-28-25)23-24(26(2,3)4)30-19-13-9-8-12-18(19)29-23/h5-15H,1-4H3. The summed E-state index contributed by atoms with van der Waals surface area (Å²) in [7, 11) is 0. The molecule has 0 amide bonds. The number of nitrogens with zero attached hydrogens (tertiary/aromatic N) is 5. The minimum atomic E-state index is -0.215. The van der Waals surface area contributed by atoms with Crippen molar-refractivity contribution in [2.75, 3.05) is 0 Å². The van der Waals surface area contributed by atoms with Crippen molar-refractivity contribution in [1.82, 2.24) is 24.9 Å². The zero-order chi connectivity index (χ0) is 21.6. The quantitative estimate of drug-likeness (QED) is 0.365. The van der Waals surface area contributed by atoms with E-state index in [2.05, 4.69) is 49.8 Å². The summed E-state index contributed by atoms with van der Waals surface area (Å²) in [6, 6.07) is 18.3. The average Bonchev–Trinajstić information content (AvgIpc) is 2.78. The second-order valence-electron chi connectivity index (χ2n) is 8.71. The Balaban J connectivity index is 1.94. The lowest BCUT2D eigenvalue weighted by Gasteiger charge is -2.23. The van der Waals surface area contributed by atoms with Gasteiger partial charge in [0.2, 0.25) is 0 Å². The molecule has 5 heteroatoms. The first-order valence-electron chi connectivity index (χ1n) is 10.4. The molecule has 0 saturated carbocycles. The predicted octanol–water partition coefficient (Wildman–Crippen LogP) is 5.91. The van der Waals surface area contributed by atoms with Crippen molar-refractivity contribution >= 4 is 22.2 Å². The first-order chi connectivity index (χ1) is 14.9. The molecular weight excluding hydrogens is 382 g/mol. The van der Waals surface area contributed by atoms with Crippen molar-refractivity contribution in [3.8, 4) is 22.5 Å². The molecule has 0 N–H and O–H groups in total. The summed E-state index contributed by atoms with van der Waals surface area (Å²) in [6.45, 7) is 8.55. The molecule has 0 unspecified atom stereocenters. The summed E-state index contributed by atoms with van der Waals surface area (Å²) in [6.07, 6.45) is 3.39. The molecule has 0 aliphatic heterocycles. The molecule has 3 heterocycles. The van der Waals surface area contributed by atoms with Gasteiger partial charge < -0.3 is 0 Å². The normalized spacial score (nSPS) is 11.9. The smallest absolute Gasteiger partial charge is 0.179 e. The lowest BCUT2D eigenvalue weighted by Crippen LogP contribution is -2.17. The second kappa shape index (κ2) is 7.20. The molecule has 0 atom stereocenters. The van der Waals surface area contributed by atoms with Crippen LogP contribution < -0.4 is 0 Å². The van der Waals surface area contributed by atoms with Gasteiger partial charge in [0.25, 0.3) is 0 Å². The van der Waals surface area contributed by atoms with E-state index in [0.29, 0.717) is 5.65 Å². The van der Waals surface area contributed by atoms with Crippen molar-refractivity contribution < 1.29 is 0 Å². The molecule has 5 nitrogen and oxygen atoms in total. The number of fused-ring (bicyclic) bond motifs is 2. The highest BCUT2D eigenvalue weighted by molar-refractivity contribution is 5.93. The summed E-state index contributed by atoms with van der Waals surface area (Å²) in [5.41, 5.74) is 8.56. The van der Waals surface area contributed by atoms with Gasteiger partial charge in [-0.2, -0.15) is 0 Å². The van der Waals surface area contributed by atoms with Crippen molar-refractivity contribution in [3.05, 3.63) is 78.2 Å². The molecule has 3 aromatic heterocycles. The SMILES string of the molecule is Cc1c(-c2ccccc2)c(-c2nc3ccccc3nc2C(C)(C)C)nc2nccnc12. The molecule has 0 aliphatic carbocycles. The lowest BCUT2D eigenvalue weighted by molar-refractivity contribution is 0.571. The third kappa shape index (κ3) is 3.32. The van der Waals surface area contributed by atoms with Gasteiger partial charge >= 0.3 is 0 Å². The molecule has 152 valence electrons. The molecule has 31 heavy (non-hydrogen) atoms. The van der Waals surface area contributed by atoms with Crippen LogP contribution in [0.15, 0.2) is 67.0 Å². The summed E-state index contributed by atoms with van der Waals surface area (Å²) >= 11 is 0. The van der Waals surface area contributed by atoms with Crippen LogP contribution in [0.2, 0.25) is 0 Å². The van der Waals surface area contributed by atoms with Gasteiger partial charge in [0.05, 0.1) is 16.7 Å². The topological polar surface area (TPSA) is 64.5 Å². The van der Waals surface area contributed by atoms with Crippen LogP contribution in [0, 0.1) is 6.92 Å². The van der Waals surface area contributed by atoms with Crippen LogP contribution >= 0.6 is 0 Å². The number of aromatic nitrogens is 5. The average molecular weight is 406 g/mol. The minimum Gasteiger partial charge on any atom is -0.251 e. The summed E-state index contributed by atoms with van der Waals surface area (Å²) in [5, 5.41) is 0. The molecule has 0 fully saturated rings. The van der Waals surface area contributed by atoms with E-state index in [1.807, 2.05) is 42.5 Å². The largest absolute Gasteiger partial charge is 0.251 e. The molecule has 0 aliphatic rings. The molecule has 0 spiro atoms. The van der Waals surface area contributed by atoms with Gasteiger partial charge in [-0.25, -0.2) is 19.9 Å². The van der Waals surface area contributed by atoms with E-state index >= 15 is 0 Å². The highest BCUT2D eigenvalue weighted by Crippen LogP contribution is 2.39. The summed E-state index contributed by atoms with van der Waals surface area (Å²) in [5.74, 6) is 0. The van der Waals surface area contributed by atoms with E-state index < -0.39 is 0 Å². The third-order valence-electron chi connectivity index (χ3n) is 5.43. The highest BCUT2D eigenvalue weighted by atomic mass is 14.9. The number of hydrogen-bond acceptors (Lipinski definition) is 5.